The van der Waals surface area contributed by atoms with Gasteiger partial charge >= 0.3 is 0 Å². The second-order valence-electron chi connectivity index (χ2n) is 9.55. The number of guanidine groups is 1. The summed E-state index contributed by atoms with van der Waals surface area (Å²) in [6.07, 6.45) is 4.32. The minimum Gasteiger partial charge on any atom is -0.375 e. The van der Waals surface area contributed by atoms with Crippen LogP contribution in [0.25, 0.3) is 5.70 Å². The van der Waals surface area contributed by atoms with E-state index in [0.29, 0.717) is 32.1 Å². The molecule has 1 aromatic rings. The lowest BCUT2D eigenvalue weighted by Gasteiger charge is -2.41. The zero-order chi connectivity index (χ0) is 25.0. The van der Waals surface area contributed by atoms with Crippen LogP contribution in [0.15, 0.2) is 39.9 Å². The van der Waals surface area contributed by atoms with E-state index in [4.69, 9.17) is 14.6 Å². The number of halogens is 1. The molecule has 0 spiro atoms. The highest BCUT2D eigenvalue weighted by molar-refractivity contribution is 5.91. The van der Waals surface area contributed by atoms with Crippen LogP contribution in [-0.4, -0.2) is 98.6 Å². The molecule has 2 atom stereocenters. The van der Waals surface area contributed by atoms with Gasteiger partial charge in [0.25, 0.3) is 0 Å². The molecule has 0 saturated carbocycles. The first-order chi connectivity index (χ1) is 16.8. The molecule has 1 N–H and O–H groups in total. The largest absolute Gasteiger partial charge is 0.375 e. The van der Waals surface area contributed by atoms with Crippen molar-refractivity contribution in [3.63, 3.8) is 0 Å². The van der Waals surface area contributed by atoms with E-state index < -0.39 is 0 Å². The number of hydrogen-bond acceptors (Lipinski definition) is 8. The zero-order valence-corrected chi connectivity index (χ0v) is 21.0. The second kappa shape index (κ2) is 10.7. The number of carbonyl (C=O) groups excluding carboxylic acids is 1. The van der Waals surface area contributed by atoms with Crippen molar-refractivity contribution in [2.45, 2.75) is 37.8 Å². The van der Waals surface area contributed by atoms with Crippen LogP contribution >= 0.6 is 0 Å². The van der Waals surface area contributed by atoms with Gasteiger partial charge in [0, 0.05) is 59.0 Å². The summed E-state index contributed by atoms with van der Waals surface area (Å²) < 4.78 is 18.7. The summed E-state index contributed by atoms with van der Waals surface area (Å²) in [6.45, 7) is 4.70. The van der Waals surface area contributed by atoms with Crippen molar-refractivity contribution in [2.24, 2.45) is 9.98 Å². The molecule has 3 aliphatic heterocycles. The van der Waals surface area contributed by atoms with E-state index in [2.05, 4.69) is 22.1 Å². The number of piperidine rings is 1. The summed E-state index contributed by atoms with van der Waals surface area (Å²) in [5.41, 5.74) is 2.36. The SMILES string of the molecule is COCC(=O)N1CCC[C@@](C)(NC2=NC(C3=C(c4ccc(F)cc4)N(C)OCCN3C)CC=N2)C1. The van der Waals surface area contributed by atoms with Crippen LogP contribution in [-0.2, 0) is 14.4 Å². The third kappa shape index (κ3) is 5.82. The van der Waals surface area contributed by atoms with E-state index in [-0.39, 0.29) is 29.9 Å². The van der Waals surface area contributed by atoms with E-state index in [1.807, 2.05) is 25.2 Å². The molecule has 1 aromatic carbocycles. The second-order valence-corrected chi connectivity index (χ2v) is 9.55. The number of nitrogens with one attached hydrogen (secondary N) is 1. The molecule has 3 aliphatic rings. The number of nitrogens with zero attached hydrogens (tertiary/aromatic N) is 5. The predicted molar refractivity (Wildman–Crippen MR) is 133 cm³/mol. The average Bonchev–Trinajstić information content (AvgIpc) is 2.97. The number of hydroxylamine groups is 2. The van der Waals surface area contributed by atoms with Gasteiger partial charge in [-0.2, -0.15) is 0 Å². The molecular weight excluding hydrogens is 451 g/mol. The fourth-order valence-corrected chi connectivity index (χ4v) is 4.94. The molecule has 10 heteroatoms. The Morgan fingerprint density at radius 2 is 2.06 bits per heavy atom. The number of likely N-dealkylation sites (N-methyl/N-ethyl adjacent to an activating group) is 1. The molecule has 190 valence electrons. The monoisotopic (exact) mass is 486 g/mol. The Labute approximate surface area is 206 Å². The third-order valence-corrected chi connectivity index (χ3v) is 6.66. The number of methoxy groups -OCH3 is 1. The normalized spacial score (nSPS) is 25.5. The maximum atomic E-state index is 13.6. The minimum atomic E-state index is -0.344. The number of benzene rings is 1. The topological polar surface area (TPSA) is 82.0 Å². The summed E-state index contributed by atoms with van der Waals surface area (Å²) in [5, 5.41) is 5.27. The number of carbonyl (C=O) groups is 1. The van der Waals surface area contributed by atoms with Gasteiger partial charge in [-0.05, 0) is 44.0 Å². The van der Waals surface area contributed by atoms with Gasteiger partial charge in [-0.3, -0.25) is 14.7 Å². The van der Waals surface area contributed by atoms with Gasteiger partial charge in [0.05, 0.1) is 23.5 Å². The van der Waals surface area contributed by atoms with Crippen LogP contribution < -0.4 is 5.32 Å². The summed E-state index contributed by atoms with van der Waals surface area (Å²) in [6, 6.07) is 6.24. The molecule has 0 aliphatic carbocycles. The van der Waals surface area contributed by atoms with Gasteiger partial charge in [0.2, 0.25) is 11.9 Å². The number of likely N-dealkylation sites (tertiary alicyclic amines) is 1. The quantitative estimate of drug-likeness (QED) is 0.687. The van der Waals surface area contributed by atoms with Crippen molar-refractivity contribution in [2.75, 3.05) is 54.1 Å². The first-order valence-electron chi connectivity index (χ1n) is 12.0. The van der Waals surface area contributed by atoms with Crippen LogP contribution in [0, 0.1) is 5.82 Å². The molecule has 35 heavy (non-hydrogen) atoms. The van der Waals surface area contributed by atoms with Crippen molar-refractivity contribution >= 4 is 23.8 Å². The Morgan fingerprint density at radius 3 is 2.80 bits per heavy atom. The molecular formula is C25H35FN6O3. The standard InChI is InChI=1S/C25H35FN6O3/c1-25(11-5-13-32(17-25)21(33)16-34-4)29-24-27-12-10-20(28-24)23-22(18-6-8-19(26)9-7-18)31(3)35-15-14-30(23)2/h6-9,12,20H,5,10-11,13-17H2,1-4H3,(H,28,29)/t20?,25-/m1/s1. The van der Waals surface area contributed by atoms with Gasteiger partial charge in [-0.15, -0.1) is 0 Å². The number of ether oxygens (including phenoxy) is 1. The van der Waals surface area contributed by atoms with Crippen LogP contribution in [0.1, 0.15) is 31.7 Å². The van der Waals surface area contributed by atoms with Crippen LogP contribution in [0.4, 0.5) is 4.39 Å². The van der Waals surface area contributed by atoms with Crippen LogP contribution in [0.2, 0.25) is 0 Å². The fraction of sp³-hybridized carbons (Fsp3) is 0.560. The molecule has 0 aromatic heterocycles. The predicted octanol–water partition coefficient (Wildman–Crippen LogP) is 2.12. The summed E-state index contributed by atoms with van der Waals surface area (Å²) in [4.78, 5) is 31.8. The van der Waals surface area contributed by atoms with E-state index >= 15 is 0 Å². The van der Waals surface area contributed by atoms with Gasteiger partial charge in [0.15, 0.2) is 0 Å². The molecule has 1 amide bonds. The fourth-order valence-electron chi connectivity index (χ4n) is 4.94. The third-order valence-electron chi connectivity index (χ3n) is 6.66. The lowest BCUT2D eigenvalue weighted by atomic mass is 9.91. The number of hydrogen-bond donors (Lipinski definition) is 1. The van der Waals surface area contributed by atoms with E-state index in [1.54, 1.807) is 17.2 Å². The Balaban J connectivity index is 1.62. The summed E-state index contributed by atoms with van der Waals surface area (Å²) >= 11 is 0. The molecule has 4 rings (SSSR count). The lowest BCUT2D eigenvalue weighted by Crippen LogP contribution is -2.58. The Kier molecular flexibility index (Phi) is 7.71. The number of amides is 1. The molecule has 1 saturated heterocycles. The maximum Gasteiger partial charge on any atom is 0.248 e. The first kappa shape index (κ1) is 25.1. The minimum absolute atomic E-state index is 0.00982. The van der Waals surface area contributed by atoms with E-state index in [9.17, 15) is 9.18 Å². The highest BCUT2D eigenvalue weighted by Crippen LogP contribution is 2.31. The van der Waals surface area contributed by atoms with Crippen molar-refractivity contribution < 1.29 is 18.8 Å². The molecule has 1 fully saturated rings. The smallest absolute Gasteiger partial charge is 0.248 e. The van der Waals surface area contributed by atoms with E-state index in [1.165, 1.54) is 19.2 Å². The van der Waals surface area contributed by atoms with Crippen molar-refractivity contribution in [3.8, 4) is 0 Å². The van der Waals surface area contributed by atoms with Gasteiger partial charge in [-0.1, -0.05) is 0 Å². The zero-order valence-electron chi connectivity index (χ0n) is 21.0. The Morgan fingerprint density at radius 1 is 1.29 bits per heavy atom. The summed E-state index contributed by atoms with van der Waals surface area (Å²) in [5.74, 6) is 0.260. The molecule has 0 radical (unpaired) electrons. The van der Waals surface area contributed by atoms with Gasteiger partial charge in [0.1, 0.15) is 18.5 Å². The highest BCUT2D eigenvalue weighted by Gasteiger charge is 2.35. The van der Waals surface area contributed by atoms with Crippen molar-refractivity contribution in [1.29, 1.82) is 0 Å². The molecule has 9 nitrogen and oxygen atoms in total. The number of aliphatic imine (C=N–C) groups is 2. The van der Waals surface area contributed by atoms with Crippen LogP contribution in [0.5, 0.6) is 0 Å². The lowest BCUT2D eigenvalue weighted by molar-refractivity contribution is -0.137. The summed E-state index contributed by atoms with van der Waals surface area (Å²) in [7, 11) is 5.43. The molecule has 1 unspecified atom stereocenters. The van der Waals surface area contributed by atoms with Crippen LogP contribution in [0.3, 0.4) is 0 Å². The Bertz CT molecular complexity index is 1010. The highest BCUT2D eigenvalue weighted by atomic mass is 19.1. The van der Waals surface area contributed by atoms with Gasteiger partial charge in [-0.25, -0.2) is 14.4 Å². The maximum absolute atomic E-state index is 13.6. The van der Waals surface area contributed by atoms with Crippen molar-refractivity contribution in [3.05, 3.63) is 41.3 Å². The first-order valence-corrected chi connectivity index (χ1v) is 12.0. The average molecular weight is 487 g/mol. The molecule has 3 heterocycles. The molecule has 0 bridgehead atoms. The Hall–Kier alpha value is -2.98. The van der Waals surface area contributed by atoms with Crippen molar-refractivity contribution in [1.82, 2.24) is 20.2 Å². The number of rotatable bonds is 5. The van der Waals surface area contributed by atoms with E-state index in [0.717, 1.165) is 36.3 Å². The van der Waals surface area contributed by atoms with Gasteiger partial charge < -0.3 is 19.9 Å².